The molecule has 1 aromatic rings. The summed E-state index contributed by atoms with van der Waals surface area (Å²) < 4.78 is 22.9. The van der Waals surface area contributed by atoms with Gasteiger partial charge in [-0.2, -0.15) is 0 Å². The molecule has 0 spiro atoms. The van der Waals surface area contributed by atoms with Crippen molar-refractivity contribution in [3.05, 3.63) is 18.2 Å². The van der Waals surface area contributed by atoms with E-state index >= 15 is 0 Å². The first kappa shape index (κ1) is 15.1. The van der Waals surface area contributed by atoms with Crippen molar-refractivity contribution in [3.63, 3.8) is 0 Å². The summed E-state index contributed by atoms with van der Waals surface area (Å²) in [5.74, 6) is 0.771. The van der Waals surface area contributed by atoms with E-state index in [2.05, 4.69) is 11.8 Å². The Labute approximate surface area is 121 Å². The van der Waals surface area contributed by atoms with Gasteiger partial charge in [-0.15, -0.1) is 0 Å². The van der Waals surface area contributed by atoms with E-state index in [-0.39, 0.29) is 4.90 Å². The number of rotatable bonds is 3. The topological polar surface area (TPSA) is 89.4 Å². The van der Waals surface area contributed by atoms with E-state index in [4.69, 9.17) is 10.9 Å². The third-order valence-corrected chi connectivity index (χ3v) is 5.15. The van der Waals surface area contributed by atoms with Gasteiger partial charge in [0.2, 0.25) is 10.0 Å². The standard InChI is InChI=1S/C14H23N3O2S/c1-10-3-5-11(6-4-10)17(2)14-9-12(20(16,18)19)7-8-13(14)15/h7-11H,3-6,15H2,1-2H3,(H2,16,18,19). The Hall–Kier alpha value is -1.27. The molecule has 0 bridgehead atoms. The van der Waals surface area contributed by atoms with Crippen molar-refractivity contribution in [2.45, 2.75) is 43.5 Å². The molecular weight excluding hydrogens is 274 g/mol. The summed E-state index contributed by atoms with van der Waals surface area (Å²) in [6.45, 7) is 2.27. The predicted molar refractivity (Wildman–Crippen MR) is 82.1 cm³/mol. The number of benzene rings is 1. The average Bonchev–Trinajstić information content (AvgIpc) is 2.38. The fraction of sp³-hybridized carbons (Fsp3) is 0.571. The van der Waals surface area contributed by atoms with Crippen LogP contribution in [0.15, 0.2) is 23.1 Å². The number of nitrogens with zero attached hydrogens (tertiary/aromatic N) is 1. The van der Waals surface area contributed by atoms with Crippen molar-refractivity contribution < 1.29 is 8.42 Å². The van der Waals surface area contributed by atoms with E-state index in [1.54, 1.807) is 12.1 Å². The summed E-state index contributed by atoms with van der Waals surface area (Å²) in [4.78, 5) is 2.20. The monoisotopic (exact) mass is 297 g/mol. The molecule has 1 saturated carbocycles. The molecule has 1 aliphatic rings. The summed E-state index contributed by atoms with van der Waals surface area (Å²) >= 11 is 0. The Bertz CT molecular complexity index is 578. The van der Waals surface area contributed by atoms with Crippen LogP contribution in [0.2, 0.25) is 0 Å². The Morgan fingerprint density at radius 2 is 1.80 bits per heavy atom. The van der Waals surface area contributed by atoms with Crippen LogP contribution in [0.5, 0.6) is 0 Å². The number of nitrogens with two attached hydrogens (primary N) is 2. The van der Waals surface area contributed by atoms with Gasteiger partial charge in [0.15, 0.2) is 0 Å². The van der Waals surface area contributed by atoms with Crippen LogP contribution in [0.4, 0.5) is 11.4 Å². The van der Waals surface area contributed by atoms with Gasteiger partial charge in [0, 0.05) is 13.1 Å². The molecule has 0 saturated heterocycles. The zero-order chi connectivity index (χ0) is 14.9. The first-order chi connectivity index (χ1) is 9.29. The molecule has 6 heteroatoms. The fourth-order valence-electron chi connectivity index (χ4n) is 2.83. The normalized spacial score (nSPS) is 23.6. The van der Waals surface area contributed by atoms with Gasteiger partial charge in [0.25, 0.3) is 0 Å². The number of nitrogen functional groups attached to an aromatic ring is 1. The minimum atomic E-state index is -3.70. The number of hydrogen-bond acceptors (Lipinski definition) is 4. The number of sulfonamides is 1. The highest BCUT2D eigenvalue weighted by molar-refractivity contribution is 7.89. The number of hydrogen-bond donors (Lipinski definition) is 2. The van der Waals surface area contributed by atoms with Gasteiger partial charge in [-0.05, 0) is 49.8 Å². The van der Waals surface area contributed by atoms with Crippen molar-refractivity contribution in [1.29, 1.82) is 0 Å². The quantitative estimate of drug-likeness (QED) is 0.834. The van der Waals surface area contributed by atoms with Crippen molar-refractivity contribution in [2.75, 3.05) is 17.7 Å². The van der Waals surface area contributed by atoms with E-state index < -0.39 is 10.0 Å². The highest BCUT2D eigenvalue weighted by Gasteiger charge is 2.23. The number of primary sulfonamides is 1. The van der Waals surface area contributed by atoms with E-state index in [0.717, 1.165) is 24.4 Å². The SMILES string of the molecule is CC1CCC(N(C)c2cc(S(N)(=O)=O)ccc2N)CC1. The van der Waals surface area contributed by atoms with Crippen LogP contribution in [0, 0.1) is 5.92 Å². The molecule has 1 aliphatic carbocycles. The summed E-state index contributed by atoms with van der Waals surface area (Å²) in [5, 5.41) is 5.19. The number of anilines is 2. The second kappa shape index (κ2) is 5.61. The summed E-state index contributed by atoms with van der Waals surface area (Å²) in [6.07, 6.45) is 4.61. The van der Waals surface area contributed by atoms with E-state index in [9.17, 15) is 8.42 Å². The van der Waals surface area contributed by atoms with E-state index in [0.29, 0.717) is 11.7 Å². The average molecular weight is 297 g/mol. The van der Waals surface area contributed by atoms with Crippen LogP contribution in [0.1, 0.15) is 32.6 Å². The van der Waals surface area contributed by atoms with Gasteiger partial charge in [-0.25, -0.2) is 13.6 Å². The smallest absolute Gasteiger partial charge is 0.238 e. The third kappa shape index (κ3) is 3.24. The first-order valence-electron chi connectivity index (χ1n) is 6.94. The van der Waals surface area contributed by atoms with Crippen LogP contribution < -0.4 is 15.8 Å². The minimum Gasteiger partial charge on any atom is -0.397 e. The lowest BCUT2D eigenvalue weighted by Gasteiger charge is -2.35. The maximum absolute atomic E-state index is 11.5. The van der Waals surface area contributed by atoms with E-state index in [1.165, 1.54) is 18.9 Å². The maximum atomic E-state index is 11.5. The molecule has 112 valence electrons. The zero-order valence-corrected chi connectivity index (χ0v) is 12.9. The van der Waals surface area contributed by atoms with Gasteiger partial charge in [-0.3, -0.25) is 0 Å². The molecule has 1 fully saturated rings. The molecular formula is C14H23N3O2S. The minimum absolute atomic E-state index is 0.109. The summed E-state index contributed by atoms with van der Waals surface area (Å²) in [7, 11) is -1.73. The molecule has 0 aromatic heterocycles. The molecule has 0 aliphatic heterocycles. The van der Waals surface area contributed by atoms with Crippen LogP contribution in [0.3, 0.4) is 0 Å². The van der Waals surface area contributed by atoms with Gasteiger partial charge >= 0.3 is 0 Å². The van der Waals surface area contributed by atoms with Crippen molar-refractivity contribution >= 4 is 21.4 Å². The molecule has 0 unspecified atom stereocenters. The highest BCUT2D eigenvalue weighted by atomic mass is 32.2. The molecule has 0 radical (unpaired) electrons. The third-order valence-electron chi connectivity index (χ3n) is 4.24. The highest BCUT2D eigenvalue weighted by Crippen LogP contribution is 2.33. The second-order valence-electron chi connectivity index (χ2n) is 5.79. The maximum Gasteiger partial charge on any atom is 0.238 e. The van der Waals surface area contributed by atoms with Crippen LogP contribution in [-0.2, 0) is 10.0 Å². The second-order valence-corrected chi connectivity index (χ2v) is 7.35. The molecule has 1 aromatic carbocycles. The van der Waals surface area contributed by atoms with E-state index in [1.807, 2.05) is 7.05 Å². The summed E-state index contributed by atoms with van der Waals surface area (Å²) in [6, 6.07) is 5.04. The fourth-order valence-corrected chi connectivity index (χ4v) is 3.37. The Kier molecular flexibility index (Phi) is 4.25. The Morgan fingerprint density at radius 3 is 2.35 bits per heavy atom. The lowest BCUT2D eigenvalue weighted by molar-refractivity contribution is 0.341. The first-order valence-corrected chi connectivity index (χ1v) is 8.49. The van der Waals surface area contributed by atoms with Gasteiger partial charge in [-0.1, -0.05) is 6.92 Å². The molecule has 0 heterocycles. The van der Waals surface area contributed by atoms with Gasteiger partial charge in [0.05, 0.1) is 16.3 Å². The largest absolute Gasteiger partial charge is 0.397 e. The lowest BCUT2D eigenvalue weighted by Crippen LogP contribution is -2.35. The molecule has 5 nitrogen and oxygen atoms in total. The molecule has 0 amide bonds. The van der Waals surface area contributed by atoms with Crippen LogP contribution >= 0.6 is 0 Å². The van der Waals surface area contributed by atoms with Crippen molar-refractivity contribution in [1.82, 2.24) is 0 Å². The zero-order valence-electron chi connectivity index (χ0n) is 12.0. The molecule has 0 atom stereocenters. The van der Waals surface area contributed by atoms with Crippen LogP contribution in [-0.4, -0.2) is 21.5 Å². The van der Waals surface area contributed by atoms with Crippen molar-refractivity contribution in [3.8, 4) is 0 Å². The van der Waals surface area contributed by atoms with Crippen LogP contribution in [0.25, 0.3) is 0 Å². The molecule has 2 rings (SSSR count). The van der Waals surface area contributed by atoms with Crippen molar-refractivity contribution in [2.24, 2.45) is 11.1 Å². The lowest BCUT2D eigenvalue weighted by atomic mass is 9.86. The van der Waals surface area contributed by atoms with Gasteiger partial charge < -0.3 is 10.6 Å². The predicted octanol–water partition coefficient (Wildman–Crippen LogP) is 1.93. The molecule has 20 heavy (non-hydrogen) atoms. The summed E-state index contributed by atoms with van der Waals surface area (Å²) in [5.41, 5.74) is 7.32. The molecule has 4 N–H and O–H groups in total. The Morgan fingerprint density at radius 1 is 1.20 bits per heavy atom. The van der Waals surface area contributed by atoms with Gasteiger partial charge in [0.1, 0.15) is 0 Å². The Balaban J connectivity index is 2.27.